The summed E-state index contributed by atoms with van der Waals surface area (Å²) in [5.74, 6) is 1.40. The van der Waals surface area contributed by atoms with Crippen LogP contribution in [0.4, 0.5) is 0 Å². The topological polar surface area (TPSA) is 142 Å². The number of phenols is 1. The number of aliphatic hydroxyl groups is 1. The van der Waals surface area contributed by atoms with Crippen LogP contribution in [-0.4, -0.2) is 76.3 Å². The van der Waals surface area contributed by atoms with Gasteiger partial charge >= 0.3 is 5.97 Å². The number of hydrogen-bond donors (Lipinski definition) is 3. The quantitative estimate of drug-likeness (QED) is 0.0538. The fraction of sp³-hybridized carbons (Fsp3) is 0.340. The lowest BCUT2D eigenvalue weighted by molar-refractivity contribution is -0.159. The molecule has 2 bridgehead atoms. The molecule has 3 fully saturated rings. The number of aromatic nitrogens is 1. The highest BCUT2D eigenvalue weighted by Crippen LogP contribution is 2.34. The Morgan fingerprint density at radius 1 is 0.812 bits per heavy atom. The third-order valence-corrected chi connectivity index (χ3v) is 12.8. The number of methoxy groups -OCH3 is 1. The molecular formula is C53H57N3O8. The van der Waals surface area contributed by atoms with Gasteiger partial charge in [-0.2, -0.15) is 0 Å². The standard InChI is InChI=1S/C53H57N3O8/c1-62-42-20-16-36(17-21-42)33-56(28-7-3-6-13-47(57)44-22-24-48(58)52-45(44)23-25-50(59)54-52)53(61)40-18-14-37(15-19-40)35-63-43-12-8-11-41(31-43)46(38-9-4-2-5-10-38)32-51(60)64-49-34-55-29-26-39(49)27-30-55/h2,4-5,8-12,14-25,31,39,46-47,49,57-58H,3,6-7,13,26-30,32-35H2,1H3,(H,54,59)/t46-,47-,49-/m0/s1. The molecule has 0 radical (unpaired) electrons. The second-order valence-electron chi connectivity index (χ2n) is 17.1. The smallest absolute Gasteiger partial charge is 0.307 e. The number of phenolic OH excluding ortho intramolecular Hbond substituents is 1. The summed E-state index contributed by atoms with van der Waals surface area (Å²) in [5, 5.41) is 21.9. The number of hydrogen-bond acceptors (Lipinski definition) is 9. The zero-order chi connectivity index (χ0) is 44.4. The molecule has 3 N–H and O–H groups in total. The molecule has 5 aromatic carbocycles. The summed E-state index contributed by atoms with van der Waals surface area (Å²) in [7, 11) is 1.62. The molecule has 1 amide bonds. The van der Waals surface area contributed by atoms with Crippen LogP contribution in [-0.2, 0) is 22.7 Å². The Hall–Kier alpha value is -6.43. The summed E-state index contributed by atoms with van der Waals surface area (Å²) >= 11 is 0. The number of fused-ring (bicyclic) bond motifs is 4. The van der Waals surface area contributed by atoms with Crippen molar-refractivity contribution in [2.75, 3.05) is 33.3 Å². The Morgan fingerprint density at radius 2 is 1.56 bits per heavy atom. The first kappa shape index (κ1) is 44.2. The first-order chi connectivity index (χ1) is 31.2. The van der Waals surface area contributed by atoms with Crippen molar-refractivity contribution >= 4 is 22.8 Å². The van der Waals surface area contributed by atoms with E-state index in [2.05, 4.69) is 22.0 Å². The zero-order valence-electron chi connectivity index (χ0n) is 36.4. The summed E-state index contributed by atoms with van der Waals surface area (Å²) < 4.78 is 17.8. The molecule has 332 valence electrons. The van der Waals surface area contributed by atoms with Crippen LogP contribution in [0.2, 0.25) is 0 Å². The number of pyridine rings is 1. The summed E-state index contributed by atoms with van der Waals surface area (Å²) in [4.78, 5) is 46.3. The lowest BCUT2D eigenvalue weighted by Gasteiger charge is -2.44. The summed E-state index contributed by atoms with van der Waals surface area (Å²) in [5.41, 5.74) is 5.13. The van der Waals surface area contributed by atoms with E-state index in [0.717, 1.165) is 73.3 Å². The monoisotopic (exact) mass is 863 g/mol. The van der Waals surface area contributed by atoms with Crippen LogP contribution in [0.3, 0.4) is 0 Å². The number of carbonyl (C=O) groups excluding carboxylic acids is 2. The van der Waals surface area contributed by atoms with Crippen molar-refractivity contribution < 1.29 is 34.0 Å². The molecule has 4 heterocycles. The van der Waals surface area contributed by atoms with Crippen LogP contribution in [0.5, 0.6) is 17.2 Å². The molecule has 11 heteroatoms. The van der Waals surface area contributed by atoms with Gasteiger partial charge in [0.15, 0.2) is 0 Å². The largest absolute Gasteiger partial charge is 0.506 e. The minimum atomic E-state index is -0.779. The normalized spacial score (nSPS) is 17.7. The minimum absolute atomic E-state index is 0.0343. The number of piperidine rings is 3. The highest BCUT2D eigenvalue weighted by Gasteiger charge is 2.37. The number of benzene rings is 5. The van der Waals surface area contributed by atoms with Crippen molar-refractivity contribution in [1.29, 1.82) is 0 Å². The summed E-state index contributed by atoms with van der Waals surface area (Å²) in [6, 6.07) is 39.4. The van der Waals surface area contributed by atoms with Gasteiger partial charge in [-0.15, -0.1) is 0 Å². The van der Waals surface area contributed by atoms with Crippen LogP contribution in [0, 0.1) is 5.92 Å². The maximum atomic E-state index is 14.1. The molecular weight excluding hydrogens is 807 g/mol. The number of aromatic amines is 1. The van der Waals surface area contributed by atoms with Crippen molar-refractivity contribution in [2.45, 2.75) is 76.2 Å². The Morgan fingerprint density at radius 3 is 2.30 bits per heavy atom. The molecule has 0 spiro atoms. The number of H-pyrrole nitrogens is 1. The van der Waals surface area contributed by atoms with Gasteiger partial charge in [-0.25, -0.2) is 0 Å². The average Bonchev–Trinajstić information content (AvgIpc) is 3.33. The second kappa shape index (κ2) is 20.8. The number of unbranched alkanes of at least 4 members (excludes halogenated alkanes) is 2. The number of rotatable bonds is 19. The first-order valence-corrected chi connectivity index (χ1v) is 22.4. The highest BCUT2D eigenvalue weighted by molar-refractivity contribution is 5.94. The van der Waals surface area contributed by atoms with E-state index in [9.17, 15) is 24.6 Å². The minimum Gasteiger partial charge on any atom is -0.506 e. The molecule has 11 nitrogen and oxygen atoms in total. The lowest BCUT2D eigenvalue weighted by atomic mass is 9.85. The van der Waals surface area contributed by atoms with Crippen LogP contribution in [0.25, 0.3) is 10.9 Å². The van der Waals surface area contributed by atoms with E-state index in [4.69, 9.17) is 14.2 Å². The Balaban J connectivity index is 0.882. The van der Waals surface area contributed by atoms with Gasteiger partial charge in [-0.3, -0.25) is 19.3 Å². The fourth-order valence-corrected chi connectivity index (χ4v) is 9.18. The molecule has 0 unspecified atom stereocenters. The van der Waals surface area contributed by atoms with Crippen molar-refractivity contribution in [3.05, 3.63) is 171 Å². The third-order valence-electron chi connectivity index (χ3n) is 12.8. The number of nitrogens with one attached hydrogen (secondary N) is 1. The van der Waals surface area contributed by atoms with Gasteiger partial charge in [0.25, 0.3) is 5.91 Å². The Kier molecular flexibility index (Phi) is 14.4. The average molecular weight is 864 g/mol. The maximum Gasteiger partial charge on any atom is 0.307 e. The van der Waals surface area contributed by atoms with Crippen LogP contribution in [0.1, 0.15) is 95.1 Å². The maximum absolute atomic E-state index is 14.1. The van der Waals surface area contributed by atoms with Gasteiger partial charge in [-0.05, 0) is 121 Å². The van der Waals surface area contributed by atoms with Crippen molar-refractivity contribution in [1.82, 2.24) is 14.8 Å². The fourth-order valence-electron chi connectivity index (χ4n) is 9.18. The van der Waals surface area contributed by atoms with Gasteiger partial charge < -0.3 is 34.3 Å². The number of nitrogens with zero attached hydrogens (tertiary/aromatic N) is 2. The van der Waals surface area contributed by atoms with Crippen molar-refractivity contribution in [3.63, 3.8) is 0 Å². The molecule has 0 aliphatic carbocycles. The zero-order valence-corrected chi connectivity index (χ0v) is 36.4. The van der Waals surface area contributed by atoms with E-state index in [0.29, 0.717) is 66.2 Å². The Labute approximate surface area is 374 Å². The van der Waals surface area contributed by atoms with Gasteiger partial charge in [0.2, 0.25) is 5.56 Å². The predicted octanol–water partition coefficient (Wildman–Crippen LogP) is 8.92. The van der Waals surface area contributed by atoms with E-state index in [1.165, 1.54) is 12.1 Å². The molecule has 1 aromatic heterocycles. The third kappa shape index (κ3) is 11.0. The number of amides is 1. The van der Waals surface area contributed by atoms with E-state index < -0.39 is 6.10 Å². The molecule has 6 aromatic rings. The summed E-state index contributed by atoms with van der Waals surface area (Å²) in [6.45, 7) is 4.26. The SMILES string of the molecule is COc1ccc(CN(CCCCC[C@H](O)c2ccc(O)c3[nH]c(=O)ccc23)C(=O)c2ccc(COc3cccc([C@@H](CC(=O)O[C@H]4CN5CCC4CC5)c4ccccc4)c3)cc2)cc1. The number of esters is 1. The van der Waals surface area contributed by atoms with Gasteiger partial charge in [-0.1, -0.05) is 85.6 Å². The number of aliphatic hydroxyl groups excluding tert-OH is 1. The molecule has 0 saturated carbocycles. The van der Waals surface area contributed by atoms with Gasteiger partial charge in [0.1, 0.15) is 30.0 Å². The predicted molar refractivity (Wildman–Crippen MR) is 247 cm³/mol. The van der Waals surface area contributed by atoms with Crippen LogP contribution < -0.4 is 15.0 Å². The molecule has 3 aliphatic rings. The lowest BCUT2D eigenvalue weighted by Crippen LogP contribution is -2.52. The van der Waals surface area contributed by atoms with Gasteiger partial charge in [0, 0.05) is 42.6 Å². The number of ether oxygens (including phenoxy) is 3. The van der Waals surface area contributed by atoms with E-state index in [1.807, 2.05) is 95.9 Å². The second-order valence-corrected chi connectivity index (χ2v) is 17.1. The van der Waals surface area contributed by atoms with Crippen molar-refractivity contribution in [3.8, 4) is 17.2 Å². The number of carbonyl (C=O) groups is 2. The molecule has 9 rings (SSSR count). The molecule has 3 aliphatic heterocycles. The van der Waals surface area contributed by atoms with E-state index >= 15 is 0 Å². The van der Waals surface area contributed by atoms with Crippen LogP contribution in [0.15, 0.2) is 132 Å². The van der Waals surface area contributed by atoms with E-state index in [-0.39, 0.29) is 41.6 Å². The van der Waals surface area contributed by atoms with Crippen molar-refractivity contribution in [2.24, 2.45) is 5.92 Å². The Bertz CT molecular complexity index is 2550. The van der Waals surface area contributed by atoms with E-state index in [1.54, 1.807) is 19.2 Å². The van der Waals surface area contributed by atoms with Gasteiger partial charge in [0.05, 0.1) is 25.2 Å². The molecule has 3 saturated heterocycles. The number of aromatic hydroxyl groups is 1. The summed E-state index contributed by atoms with van der Waals surface area (Å²) in [6.07, 6.45) is 4.33. The highest BCUT2D eigenvalue weighted by atomic mass is 16.5. The molecule has 64 heavy (non-hydrogen) atoms. The van der Waals surface area contributed by atoms with Crippen LogP contribution >= 0.6 is 0 Å². The first-order valence-electron chi connectivity index (χ1n) is 22.4. The molecule has 3 atom stereocenters.